The van der Waals surface area contributed by atoms with Gasteiger partial charge in [0, 0.05) is 6.54 Å². The highest BCUT2D eigenvalue weighted by molar-refractivity contribution is 5.42. The summed E-state index contributed by atoms with van der Waals surface area (Å²) >= 11 is 0. The van der Waals surface area contributed by atoms with Crippen molar-refractivity contribution < 1.29 is 15.3 Å². The molecule has 0 saturated heterocycles. The number of hydrogen-bond donors (Lipinski definition) is 3. The van der Waals surface area contributed by atoms with Gasteiger partial charge in [0.05, 0.1) is 18.5 Å². The fourth-order valence-corrected chi connectivity index (χ4v) is 1.66. The van der Waals surface area contributed by atoms with Crippen molar-refractivity contribution in [2.75, 3.05) is 0 Å². The molecule has 1 aromatic heterocycles. The number of aliphatic hydroxyl groups is 1. The Morgan fingerprint density at radius 3 is 2.38 bits per heavy atom. The van der Waals surface area contributed by atoms with E-state index in [4.69, 9.17) is 5.11 Å². The standard InChI is InChI=1S/C12H13NO3/c14-8-10-12(16)11(15)7-13(10)6-9-4-2-1-3-5-9/h1-5,7,14-16H,6,8H2. The fraction of sp³-hybridized carbons (Fsp3) is 0.167. The minimum atomic E-state index is -0.306. The Morgan fingerprint density at radius 2 is 1.75 bits per heavy atom. The normalized spacial score (nSPS) is 10.6. The molecule has 3 N–H and O–H groups in total. The molecule has 0 saturated carbocycles. The van der Waals surface area contributed by atoms with Gasteiger partial charge in [-0.25, -0.2) is 0 Å². The first-order valence-electron chi connectivity index (χ1n) is 4.97. The Morgan fingerprint density at radius 1 is 1.06 bits per heavy atom. The number of aromatic nitrogens is 1. The topological polar surface area (TPSA) is 65.6 Å². The van der Waals surface area contributed by atoms with Crippen molar-refractivity contribution in [1.29, 1.82) is 0 Å². The average Bonchev–Trinajstić information content (AvgIpc) is 2.56. The molecule has 84 valence electrons. The molecule has 1 aromatic carbocycles. The summed E-state index contributed by atoms with van der Waals surface area (Å²) in [5, 5.41) is 27.9. The largest absolute Gasteiger partial charge is 0.503 e. The lowest BCUT2D eigenvalue weighted by atomic mass is 10.2. The van der Waals surface area contributed by atoms with Crippen LogP contribution in [0.2, 0.25) is 0 Å². The molecule has 0 amide bonds. The number of aromatic hydroxyl groups is 2. The van der Waals surface area contributed by atoms with Gasteiger partial charge in [-0.3, -0.25) is 0 Å². The van der Waals surface area contributed by atoms with Crippen molar-refractivity contribution in [3.63, 3.8) is 0 Å². The molecule has 2 rings (SSSR count). The van der Waals surface area contributed by atoms with Gasteiger partial charge >= 0.3 is 0 Å². The molecule has 0 fully saturated rings. The van der Waals surface area contributed by atoms with Gasteiger partial charge in [-0.2, -0.15) is 0 Å². The second-order valence-electron chi connectivity index (χ2n) is 3.58. The SMILES string of the molecule is OCc1c(O)c(O)cn1Cc1ccccc1. The number of benzene rings is 1. The Hall–Kier alpha value is -1.94. The molecule has 4 heteroatoms. The maximum atomic E-state index is 9.47. The third-order valence-corrected chi connectivity index (χ3v) is 2.49. The molecular formula is C12H13NO3. The molecule has 1 heterocycles. The van der Waals surface area contributed by atoms with Crippen molar-refractivity contribution in [3.05, 3.63) is 47.8 Å². The van der Waals surface area contributed by atoms with Gasteiger partial charge in [0.1, 0.15) is 0 Å². The Balaban J connectivity index is 2.31. The molecular weight excluding hydrogens is 206 g/mol. The summed E-state index contributed by atoms with van der Waals surface area (Å²) in [5.74, 6) is -0.460. The van der Waals surface area contributed by atoms with E-state index in [1.807, 2.05) is 30.3 Å². The average molecular weight is 219 g/mol. The predicted molar refractivity (Wildman–Crippen MR) is 59.2 cm³/mol. The van der Waals surface area contributed by atoms with E-state index in [0.29, 0.717) is 12.2 Å². The number of aliphatic hydroxyl groups excluding tert-OH is 1. The van der Waals surface area contributed by atoms with E-state index in [1.165, 1.54) is 6.20 Å². The van der Waals surface area contributed by atoms with Gasteiger partial charge in [-0.1, -0.05) is 30.3 Å². The third-order valence-electron chi connectivity index (χ3n) is 2.49. The summed E-state index contributed by atoms with van der Waals surface area (Å²) in [6.07, 6.45) is 1.41. The summed E-state index contributed by atoms with van der Waals surface area (Å²) < 4.78 is 1.62. The molecule has 0 radical (unpaired) electrons. The van der Waals surface area contributed by atoms with Gasteiger partial charge in [0.15, 0.2) is 11.5 Å². The Labute approximate surface area is 93.0 Å². The monoisotopic (exact) mass is 219 g/mol. The van der Waals surface area contributed by atoms with Crippen LogP contribution in [-0.4, -0.2) is 19.9 Å². The maximum absolute atomic E-state index is 9.47. The zero-order valence-electron chi connectivity index (χ0n) is 8.67. The van der Waals surface area contributed by atoms with Crippen LogP contribution >= 0.6 is 0 Å². The van der Waals surface area contributed by atoms with Gasteiger partial charge in [0.25, 0.3) is 0 Å². The van der Waals surface area contributed by atoms with E-state index < -0.39 is 0 Å². The van der Waals surface area contributed by atoms with E-state index in [0.717, 1.165) is 5.56 Å². The van der Waals surface area contributed by atoms with E-state index in [-0.39, 0.29) is 18.1 Å². The number of rotatable bonds is 3. The van der Waals surface area contributed by atoms with E-state index >= 15 is 0 Å². The Bertz CT molecular complexity index is 477. The maximum Gasteiger partial charge on any atom is 0.181 e. The molecule has 0 spiro atoms. The molecule has 16 heavy (non-hydrogen) atoms. The van der Waals surface area contributed by atoms with Crippen molar-refractivity contribution in [2.24, 2.45) is 0 Å². The summed E-state index contributed by atoms with van der Waals surface area (Å²) in [6.45, 7) is 0.198. The molecule has 0 aliphatic rings. The van der Waals surface area contributed by atoms with Crippen LogP contribution in [0, 0.1) is 0 Å². The second kappa shape index (κ2) is 4.28. The molecule has 0 bridgehead atoms. The smallest absolute Gasteiger partial charge is 0.181 e. The van der Waals surface area contributed by atoms with E-state index in [2.05, 4.69) is 0 Å². The van der Waals surface area contributed by atoms with Gasteiger partial charge in [-0.15, -0.1) is 0 Å². The summed E-state index contributed by atoms with van der Waals surface area (Å²) in [5.41, 5.74) is 1.36. The van der Waals surface area contributed by atoms with Crippen molar-refractivity contribution in [3.8, 4) is 11.5 Å². The lowest BCUT2D eigenvalue weighted by Gasteiger charge is -2.06. The fourth-order valence-electron chi connectivity index (χ4n) is 1.66. The van der Waals surface area contributed by atoms with Crippen molar-refractivity contribution in [2.45, 2.75) is 13.2 Å². The molecule has 0 unspecified atom stereocenters. The van der Waals surface area contributed by atoms with Crippen LogP contribution in [0.5, 0.6) is 11.5 Å². The second-order valence-corrected chi connectivity index (χ2v) is 3.58. The molecule has 0 atom stereocenters. The number of hydrogen-bond acceptors (Lipinski definition) is 3. The zero-order valence-corrected chi connectivity index (χ0v) is 8.67. The van der Waals surface area contributed by atoms with Crippen LogP contribution in [0.25, 0.3) is 0 Å². The first-order chi connectivity index (χ1) is 7.72. The molecule has 0 aliphatic carbocycles. The van der Waals surface area contributed by atoms with E-state index in [1.54, 1.807) is 4.57 Å². The summed E-state index contributed by atoms with van der Waals surface area (Å²) in [6, 6.07) is 9.62. The van der Waals surface area contributed by atoms with E-state index in [9.17, 15) is 10.2 Å². The molecule has 4 nitrogen and oxygen atoms in total. The third kappa shape index (κ3) is 1.87. The van der Waals surface area contributed by atoms with Crippen molar-refractivity contribution in [1.82, 2.24) is 4.57 Å². The molecule has 2 aromatic rings. The molecule has 0 aliphatic heterocycles. The zero-order chi connectivity index (χ0) is 11.5. The van der Waals surface area contributed by atoms with Crippen LogP contribution in [-0.2, 0) is 13.2 Å². The quantitative estimate of drug-likeness (QED) is 0.731. The van der Waals surface area contributed by atoms with Gasteiger partial charge in [-0.05, 0) is 5.56 Å². The predicted octanol–water partition coefficient (Wildman–Crippen LogP) is 1.44. The Kier molecular flexibility index (Phi) is 2.83. The first-order valence-corrected chi connectivity index (χ1v) is 4.97. The first kappa shape index (κ1) is 10.6. The van der Waals surface area contributed by atoms with Crippen molar-refractivity contribution >= 4 is 0 Å². The lowest BCUT2D eigenvalue weighted by Crippen LogP contribution is -2.02. The van der Waals surface area contributed by atoms with Crippen LogP contribution in [0.1, 0.15) is 11.3 Å². The number of nitrogens with zero attached hydrogens (tertiary/aromatic N) is 1. The summed E-state index contributed by atoms with van der Waals surface area (Å²) in [4.78, 5) is 0. The lowest BCUT2D eigenvalue weighted by molar-refractivity contribution is 0.264. The minimum Gasteiger partial charge on any atom is -0.503 e. The van der Waals surface area contributed by atoms with Crippen LogP contribution in [0.15, 0.2) is 36.5 Å². The van der Waals surface area contributed by atoms with Crippen LogP contribution in [0.3, 0.4) is 0 Å². The highest BCUT2D eigenvalue weighted by atomic mass is 16.3. The van der Waals surface area contributed by atoms with Gasteiger partial charge in [0.2, 0.25) is 0 Å². The highest BCUT2D eigenvalue weighted by Crippen LogP contribution is 2.31. The minimum absolute atomic E-state index is 0.208. The van der Waals surface area contributed by atoms with Crippen LogP contribution < -0.4 is 0 Å². The highest BCUT2D eigenvalue weighted by Gasteiger charge is 2.13. The summed E-state index contributed by atoms with van der Waals surface area (Å²) in [7, 11) is 0. The van der Waals surface area contributed by atoms with Gasteiger partial charge < -0.3 is 19.9 Å². The van der Waals surface area contributed by atoms with Crippen LogP contribution in [0.4, 0.5) is 0 Å².